The Morgan fingerprint density at radius 1 is 1.27 bits per heavy atom. The predicted octanol–water partition coefficient (Wildman–Crippen LogP) is 2.53. The van der Waals surface area contributed by atoms with E-state index in [1.54, 1.807) is 0 Å². The largest absolute Gasteiger partial charge is 0.326 e. The van der Waals surface area contributed by atoms with E-state index in [2.05, 4.69) is 20.2 Å². The molecule has 1 spiro atoms. The van der Waals surface area contributed by atoms with Gasteiger partial charge in [0.25, 0.3) is 0 Å². The second-order valence-corrected chi connectivity index (χ2v) is 6.84. The lowest BCUT2D eigenvalue weighted by Crippen LogP contribution is -2.31. The summed E-state index contributed by atoms with van der Waals surface area (Å²) in [5.74, 6) is 0.363. The van der Waals surface area contributed by atoms with Crippen molar-refractivity contribution in [3.05, 3.63) is 29.6 Å². The summed E-state index contributed by atoms with van der Waals surface area (Å²) in [6, 6.07) is 7.81. The number of benzene rings is 1. The van der Waals surface area contributed by atoms with Crippen LogP contribution in [0.4, 0.5) is 5.69 Å². The monoisotopic (exact) mass is 314 g/mol. The van der Waals surface area contributed by atoms with Crippen molar-refractivity contribution < 1.29 is 4.79 Å². The number of nitrogens with one attached hydrogen (secondary N) is 2. The highest BCUT2D eigenvalue weighted by atomic mass is 32.1. The Labute approximate surface area is 133 Å². The van der Waals surface area contributed by atoms with E-state index in [1.807, 2.05) is 29.6 Å². The number of nitrogens with zero attached hydrogens (tertiary/aromatic N) is 2. The van der Waals surface area contributed by atoms with E-state index in [0.29, 0.717) is 0 Å². The van der Waals surface area contributed by atoms with Crippen LogP contribution in [0.3, 0.4) is 0 Å². The lowest BCUT2D eigenvalue weighted by Gasteiger charge is -2.23. The molecular formula is C16H18N4OS. The van der Waals surface area contributed by atoms with E-state index in [4.69, 9.17) is 0 Å². The maximum absolute atomic E-state index is 12.4. The van der Waals surface area contributed by atoms with E-state index >= 15 is 0 Å². The van der Waals surface area contributed by atoms with Crippen molar-refractivity contribution in [2.75, 3.05) is 18.4 Å². The lowest BCUT2D eigenvalue weighted by molar-refractivity contribution is -0.118. The fraction of sp³-hybridized carbons (Fsp3) is 0.438. The van der Waals surface area contributed by atoms with Crippen LogP contribution >= 0.6 is 11.5 Å². The highest BCUT2D eigenvalue weighted by molar-refractivity contribution is 7.03. The van der Waals surface area contributed by atoms with Crippen molar-refractivity contribution in [1.82, 2.24) is 14.9 Å². The van der Waals surface area contributed by atoms with Crippen LogP contribution in [0, 0.1) is 11.3 Å². The molecule has 1 aliphatic heterocycles. The summed E-state index contributed by atoms with van der Waals surface area (Å²) in [5, 5.41) is 12.4. The molecule has 1 saturated heterocycles. The summed E-state index contributed by atoms with van der Waals surface area (Å²) in [5.41, 5.74) is 3.03. The number of aromatic nitrogens is 2. The molecule has 22 heavy (non-hydrogen) atoms. The van der Waals surface area contributed by atoms with Gasteiger partial charge >= 0.3 is 0 Å². The Bertz CT molecular complexity index is 662. The number of carbonyl (C=O) groups excluding carboxylic acids is 1. The minimum Gasteiger partial charge on any atom is -0.326 e. The van der Waals surface area contributed by atoms with E-state index in [-0.39, 0.29) is 17.2 Å². The van der Waals surface area contributed by atoms with E-state index in [1.165, 1.54) is 11.5 Å². The first-order chi connectivity index (χ1) is 10.8. The first-order valence-electron chi connectivity index (χ1n) is 7.66. The summed E-state index contributed by atoms with van der Waals surface area (Å²) in [6.45, 7) is 2.08. The van der Waals surface area contributed by atoms with Gasteiger partial charge in [0, 0.05) is 22.5 Å². The summed E-state index contributed by atoms with van der Waals surface area (Å²) in [4.78, 5) is 12.4. The molecule has 1 unspecified atom stereocenters. The summed E-state index contributed by atoms with van der Waals surface area (Å²) in [7, 11) is 0. The van der Waals surface area contributed by atoms with Crippen LogP contribution in [-0.2, 0) is 4.79 Å². The van der Waals surface area contributed by atoms with Gasteiger partial charge in [-0.25, -0.2) is 0 Å². The van der Waals surface area contributed by atoms with Gasteiger partial charge in [0.1, 0.15) is 5.69 Å². The normalized spacial score (nSPS) is 22.5. The average molecular weight is 314 g/mol. The zero-order chi connectivity index (χ0) is 15.0. The SMILES string of the molecule is O=C(Nc1ccc(-c2csnn2)cc1)C1CC12CCNCC2. The van der Waals surface area contributed by atoms with Crippen molar-refractivity contribution in [3.8, 4) is 11.3 Å². The van der Waals surface area contributed by atoms with Crippen molar-refractivity contribution in [2.24, 2.45) is 11.3 Å². The van der Waals surface area contributed by atoms with Crippen molar-refractivity contribution in [3.63, 3.8) is 0 Å². The number of rotatable bonds is 3. The molecule has 0 bridgehead atoms. The second kappa shape index (κ2) is 5.44. The van der Waals surface area contributed by atoms with E-state index in [0.717, 1.165) is 49.3 Å². The molecule has 1 amide bonds. The molecule has 1 aromatic carbocycles. The molecule has 2 N–H and O–H groups in total. The molecule has 2 fully saturated rings. The Kier molecular flexibility index (Phi) is 3.43. The van der Waals surface area contributed by atoms with Gasteiger partial charge < -0.3 is 10.6 Å². The van der Waals surface area contributed by atoms with Crippen molar-refractivity contribution in [2.45, 2.75) is 19.3 Å². The zero-order valence-corrected chi connectivity index (χ0v) is 13.0. The zero-order valence-electron chi connectivity index (χ0n) is 12.2. The van der Waals surface area contributed by atoms with E-state index in [9.17, 15) is 4.79 Å². The smallest absolute Gasteiger partial charge is 0.228 e. The highest BCUT2D eigenvalue weighted by Crippen LogP contribution is 2.58. The molecule has 0 radical (unpaired) electrons. The van der Waals surface area contributed by atoms with Gasteiger partial charge in [-0.1, -0.05) is 16.6 Å². The first kappa shape index (κ1) is 13.8. The number of anilines is 1. The molecule has 2 aromatic rings. The van der Waals surface area contributed by atoms with Crippen LogP contribution < -0.4 is 10.6 Å². The average Bonchev–Trinajstić information content (AvgIpc) is 3.00. The minimum absolute atomic E-state index is 0.171. The van der Waals surface area contributed by atoms with Gasteiger partial charge in [-0.15, -0.1) is 5.10 Å². The second-order valence-electron chi connectivity index (χ2n) is 6.23. The van der Waals surface area contributed by atoms with Gasteiger partial charge in [0.2, 0.25) is 5.91 Å². The quantitative estimate of drug-likeness (QED) is 0.913. The molecule has 1 aliphatic carbocycles. The molecule has 2 heterocycles. The highest BCUT2D eigenvalue weighted by Gasteiger charge is 2.57. The number of amides is 1. The number of carbonyl (C=O) groups is 1. The molecule has 1 atom stereocenters. The molecule has 5 nitrogen and oxygen atoms in total. The third-order valence-electron chi connectivity index (χ3n) is 4.91. The van der Waals surface area contributed by atoms with Gasteiger partial charge in [-0.2, -0.15) is 0 Å². The molecule has 1 aromatic heterocycles. The maximum atomic E-state index is 12.4. The Balaban J connectivity index is 1.40. The van der Waals surface area contributed by atoms with Gasteiger partial charge in [0.15, 0.2) is 0 Å². The molecular weight excluding hydrogens is 296 g/mol. The Hall–Kier alpha value is -1.79. The van der Waals surface area contributed by atoms with Crippen LogP contribution in [0.1, 0.15) is 19.3 Å². The number of hydrogen-bond donors (Lipinski definition) is 2. The standard InChI is InChI=1S/C16H18N4OS/c21-15(13-9-16(13)5-7-17-8-6-16)18-12-3-1-11(2-4-12)14-10-22-20-19-14/h1-4,10,13,17H,5-9H2,(H,18,21). The molecule has 6 heteroatoms. The summed E-state index contributed by atoms with van der Waals surface area (Å²) >= 11 is 1.34. The first-order valence-corrected chi connectivity index (χ1v) is 8.50. The molecule has 4 rings (SSSR count). The van der Waals surface area contributed by atoms with Crippen LogP contribution in [0.5, 0.6) is 0 Å². The lowest BCUT2D eigenvalue weighted by atomic mass is 9.92. The Morgan fingerprint density at radius 3 is 2.73 bits per heavy atom. The van der Waals surface area contributed by atoms with Crippen LogP contribution in [0.2, 0.25) is 0 Å². The predicted molar refractivity (Wildman–Crippen MR) is 86.6 cm³/mol. The molecule has 114 valence electrons. The maximum Gasteiger partial charge on any atom is 0.228 e. The van der Waals surface area contributed by atoms with Gasteiger partial charge in [-0.3, -0.25) is 4.79 Å². The topological polar surface area (TPSA) is 66.9 Å². The summed E-state index contributed by atoms with van der Waals surface area (Å²) in [6.07, 6.45) is 3.30. The van der Waals surface area contributed by atoms with Gasteiger partial charge in [0.05, 0.1) is 0 Å². The van der Waals surface area contributed by atoms with Crippen molar-refractivity contribution in [1.29, 1.82) is 0 Å². The molecule has 2 aliphatic rings. The number of hydrogen-bond acceptors (Lipinski definition) is 5. The fourth-order valence-corrected chi connectivity index (χ4v) is 3.91. The third kappa shape index (κ3) is 2.53. The van der Waals surface area contributed by atoms with Crippen LogP contribution in [0.25, 0.3) is 11.3 Å². The van der Waals surface area contributed by atoms with Gasteiger partial charge in [-0.05, 0) is 61.4 Å². The third-order valence-corrected chi connectivity index (χ3v) is 5.42. The number of piperidine rings is 1. The Morgan fingerprint density at radius 2 is 2.05 bits per heavy atom. The van der Waals surface area contributed by atoms with Crippen molar-refractivity contribution >= 4 is 23.1 Å². The fourth-order valence-electron chi connectivity index (χ4n) is 3.44. The van der Waals surface area contributed by atoms with Crippen LogP contribution in [-0.4, -0.2) is 28.6 Å². The summed E-state index contributed by atoms with van der Waals surface area (Å²) < 4.78 is 3.87. The van der Waals surface area contributed by atoms with E-state index < -0.39 is 0 Å². The molecule has 1 saturated carbocycles. The minimum atomic E-state index is 0.171. The van der Waals surface area contributed by atoms with Crippen LogP contribution in [0.15, 0.2) is 29.6 Å².